The number of nitrogens with one attached hydrogen (secondary N) is 2. The van der Waals surface area contributed by atoms with Crippen LogP contribution in [0.1, 0.15) is 27.2 Å². The first-order valence-electron chi connectivity index (χ1n) is 8.60. The minimum absolute atomic E-state index is 0.235. The van der Waals surface area contributed by atoms with E-state index in [9.17, 15) is 13.6 Å². The number of halogens is 3. The SMILES string of the molecule is Cc1ccc(Br)c(C)c1C(=O)Nc1ccc2[nH]nc(C(C=NC(F)F)=CN)c2c1. The average Bonchev–Trinajstić information content (AvgIpc) is 3.09. The van der Waals surface area contributed by atoms with E-state index in [1.54, 1.807) is 18.2 Å². The Hall–Kier alpha value is -3.07. The zero-order valence-electron chi connectivity index (χ0n) is 15.6. The highest BCUT2D eigenvalue weighted by atomic mass is 79.9. The number of allylic oxidation sites excluding steroid dienone is 1. The van der Waals surface area contributed by atoms with E-state index in [2.05, 4.69) is 36.4 Å². The summed E-state index contributed by atoms with van der Waals surface area (Å²) in [6.45, 7) is 0.887. The molecule has 0 atom stereocenters. The van der Waals surface area contributed by atoms with Crippen LogP contribution in [0.25, 0.3) is 16.5 Å². The topological polar surface area (TPSA) is 96.2 Å². The van der Waals surface area contributed by atoms with Gasteiger partial charge in [0.2, 0.25) is 0 Å². The molecule has 3 aromatic rings. The minimum Gasteiger partial charge on any atom is -0.404 e. The van der Waals surface area contributed by atoms with Crippen LogP contribution in [0.2, 0.25) is 0 Å². The van der Waals surface area contributed by atoms with Crippen molar-refractivity contribution in [3.63, 3.8) is 0 Å². The van der Waals surface area contributed by atoms with E-state index >= 15 is 0 Å². The highest BCUT2D eigenvalue weighted by molar-refractivity contribution is 9.10. The van der Waals surface area contributed by atoms with Gasteiger partial charge in [-0.15, -0.1) is 0 Å². The van der Waals surface area contributed by atoms with Gasteiger partial charge in [0.25, 0.3) is 5.91 Å². The van der Waals surface area contributed by atoms with E-state index in [1.807, 2.05) is 26.0 Å². The van der Waals surface area contributed by atoms with E-state index in [0.717, 1.165) is 28.0 Å². The minimum atomic E-state index is -2.85. The van der Waals surface area contributed by atoms with Gasteiger partial charge in [-0.3, -0.25) is 9.89 Å². The molecule has 1 amide bonds. The van der Waals surface area contributed by atoms with Crippen molar-refractivity contribution < 1.29 is 13.6 Å². The molecule has 1 heterocycles. The molecule has 0 saturated carbocycles. The molecule has 3 rings (SSSR count). The normalized spacial score (nSPS) is 12.3. The maximum atomic E-state index is 12.8. The van der Waals surface area contributed by atoms with Crippen molar-refractivity contribution in [2.24, 2.45) is 10.7 Å². The van der Waals surface area contributed by atoms with Crippen molar-refractivity contribution in [3.8, 4) is 0 Å². The maximum Gasteiger partial charge on any atom is 0.331 e. The second-order valence-corrected chi connectivity index (χ2v) is 7.18. The quantitative estimate of drug-likeness (QED) is 0.376. The summed E-state index contributed by atoms with van der Waals surface area (Å²) in [6, 6.07) is 8.93. The molecule has 0 aliphatic heterocycles. The van der Waals surface area contributed by atoms with Gasteiger partial charge in [-0.2, -0.15) is 13.9 Å². The lowest BCUT2D eigenvalue weighted by molar-refractivity contribution is 0.102. The molecule has 4 N–H and O–H groups in total. The number of hydrogen-bond donors (Lipinski definition) is 3. The fourth-order valence-corrected chi connectivity index (χ4v) is 3.33. The largest absolute Gasteiger partial charge is 0.404 e. The van der Waals surface area contributed by atoms with Crippen LogP contribution < -0.4 is 11.1 Å². The number of amides is 1. The van der Waals surface area contributed by atoms with Gasteiger partial charge in [-0.05, 0) is 49.2 Å². The summed E-state index contributed by atoms with van der Waals surface area (Å²) in [4.78, 5) is 15.9. The third-order valence-electron chi connectivity index (χ3n) is 4.43. The van der Waals surface area contributed by atoms with Gasteiger partial charge in [0.1, 0.15) is 5.69 Å². The highest BCUT2D eigenvalue weighted by Crippen LogP contribution is 2.27. The number of rotatable bonds is 5. The molecule has 0 saturated heterocycles. The van der Waals surface area contributed by atoms with E-state index in [1.165, 1.54) is 0 Å². The molecule has 0 aliphatic rings. The first kappa shape index (κ1) is 20.7. The van der Waals surface area contributed by atoms with Crippen molar-refractivity contribution in [2.75, 3.05) is 5.32 Å². The van der Waals surface area contributed by atoms with Crippen LogP contribution in [-0.4, -0.2) is 28.9 Å². The zero-order valence-corrected chi connectivity index (χ0v) is 17.2. The first-order valence-corrected chi connectivity index (χ1v) is 9.40. The molecule has 0 spiro atoms. The van der Waals surface area contributed by atoms with Crippen molar-refractivity contribution in [3.05, 3.63) is 63.4 Å². The first-order chi connectivity index (χ1) is 13.8. The second-order valence-electron chi connectivity index (χ2n) is 6.33. The van der Waals surface area contributed by atoms with Gasteiger partial charge in [0, 0.05) is 39.1 Å². The summed E-state index contributed by atoms with van der Waals surface area (Å²) in [6.07, 6.45) is 2.13. The van der Waals surface area contributed by atoms with Gasteiger partial charge in [0.05, 0.1) is 5.52 Å². The molecule has 0 radical (unpaired) electrons. The van der Waals surface area contributed by atoms with Crippen LogP contribution in [0.4, 0.5) is 14.5 Å². The lowest BCUT2D eigenvalue weighted by Crippen LogP contribution is -2.15. The number of carbonyl (C=O) groups is 1. The van der Waals surface area contributed by atoms with Crippen LogP contribution in [0.15, 0.2) is 46.0 Å². The Morgan fingerprint density at radius 3 is 2.76 bits per heavy atom. The lowest BCUT2D eigenvalue weighted by Gasteiger charge is -2.12. The molecule has 6 nitrogen and oxygen atoms in total. The van der Waals surface area contributed by atoms with Gasteiger partial charge in [-0.1, -0.05) is 22.0 Å². The monoisotopic (exact) mass is 461 g/mol. The van der Waals surface area contributed by atoms with E-state index in [-0.39, 0.29) is 11.5 Å². The number of nitrogens with zero attached hydrogens (tertiary/aromatic N) is 2. The Balaban J connectivity index is 1.96. The molecule has 0 unspecified atom stereocenters. The summed E-state index contributed by atoms with van der Waals surface area (Å²) in [5, 5.41) is 10.4. The number of hydrogen-bond acceptors (Lipinski definition) is 4. The molecule has 9 heteroatoms. The fraction of sp³-hybridized carbons (Fsp3) is 0.150. The molecule has 150 valence electrons. The summed E-state index contributed by atoms with van der Waals surface area (Å²) >= 11 is 3.44. The van der Waals surface area contributed by atoms with Gasteiger partial charge >= 0.3 is 6.55 Å². The number of aliphatic imine (C=N–C) groups is 1. The van der Waals surface area contributed by atoms with Gasteiger partial charge in [0.15, 0.2) is 0 Å². The van der Waals surface area contributed by atoms with E-state index < -0.39 is 6.55 Å². The number of carbonyl (C=O) groups excluding carboxylic acids is 1. The lowest BCUT2D eigenvalue weighted by atomic mass is 10.0. The number of aromatic amines is 1. The number of anilines is 1. The fourth-order valence-electron chi connectivity index (χ4n) is 3.00. The zero-order chi connectivity index (χ0) is 21.1. The smallest absolute Gasteiger partial charge is 0.331 e. The summed E-state index contributed by atoms with van der Waals surface area (Å²) in [5.41, 5.74) is 9.62. The molecule has 29 heavy (non-hydrogen) atoms. The predicted octanol–water partition coefficient (Wildman–Crippen LogP) is 4.79. The van der Waals surface area contributed by atoms with Crippen LogP contribution in [-0.2, 0) is 0 Å². The standard InChI is InChI=1S/C20H18BrF2N5O/c1-10-3-5-15(21)11(2)17(10)19(29)26-13-4-6-16-14(7-13)18(28-27-16)12(8-24)9-25-20(22)23/h3-9,20H,24H2,1-2H3,(H,26,29)(H,27,28). The number of nitrogens with two attached hydrogens (primary N) is 1. The number of aryl methyl sites for hydroxylation is 1. The Labute approximate surface area is 174 Å². The average molecular weight is 462 g/mol. The van der Waals surface area contributed by atoms with Gasteiger partial charge < -0.3 is 11.1 Å². The highest BCUT2D eigenvalue weighted by Gasteiger charge is 2.16. The van der Waals surface area contributed by atoms with Crippen LogP contribution in [0.5, 0.6) is 0 Å². The van der Waals surface area contributed by atoms with Crippen molar-refractivity contribution in [2.45, 2.75) is 20.4 Å². The molecular formula is C20H18BrF2N5O. The Morgan fingerprint density at radius 2 is 2.07 bits per heavy atom. The number of alkyl halides is 2. The maximum absolute atomic E-state index is 12.8. The number of benzene rings is 2. The number of aromatic nitrogens is 2. The van der Waals surface area contributed by atoms with Gasteiger partial charge in [-0.25, -0.2) is 4.99 Å². The number of H-pyrrole nitrogens is 1. The summed E-state index contributed by atoms with van der Waals surface area (Å²) in [5.74, 6) is -0.250. The van der Waals surface area contributed by atoms with E-state index in [4.69, 9.17) is 5.73 Å². The molecule has 0 bridgehead atoms. The van der Waals surface area contributed by atoms with Crippen LogP contribution in [0.3, 0.4) is 0 Å². The summed E-state index contributed by atoms with van der Waals surface area (Å²) < 4.78 is 25.7. The van der Waals surface area contributed by atoms with Crippen molar-refractivity contribution in [1.29, 1.82) is 0 Å². The molecule has 2 aromatic carbocycles. The van der Waals surface area contributed by atoms with Crippen LogP contribution >= 0.6 is 15.9 Å². The number of fused-ring (bicyclic) bond motifs is 1. The molecule has 1 aromatic heterocycles. The molecule has 0 aliphatic carbocycles. The summed E-state index contributed by atoms with van der Waals surface area (Å²) in [7, 11) is 0. The molecular weight excluding hydrogens is 444 g/mol. The predicted molar refractivity (Wildman–Crippen MR) is 114 cm³/mol. The Kier molecular flexibility index (Phi) is 6.07. The third kappa shape index (κ3) is 4.34. The van der Waals surface area contributed by atoms with Crippen molar-refractivity contribution >= 4 is 50.2 Å². The van der Waals surface area contributed by atoms with E-state index in [0.29, 0.717) is 27.8 Å². The Bertz CT molecular complexity index is 1140. The molecule has 0 fully saturated rings. The third-order valence-corrected chi connectivity index (χ3v) is 5.29. The second kappa shape index (κ2) is 8.52. The van der Waals surface area contributed by atoms with Crippen molar-refractivity contribution in [1.82, 2.24) is 10.2 Å². The van der Waals surface area contributed by atoms with Crippen LogP contribution in [0, 0.1) is 13.8 Å². The Morgan fingerprint density at radius 1 is 1.31 bits per heavy atom.